The first kappa shape index (κ1) is 49.8. The summed E-state index contributed by atoms with van der Waals surface area (Å²) in [6.45, 7) is 0. The van der Waals surface area contributed by atoms with Crippen molar-refractivity contribution in [2.45, 2.75) is 0 Å². The quantitative estimate of drug-likeness (QED) is 0.105. The predicted octanol–water partition coefficient (Wildman–Crippen LogP) is 4.31. The van der Waals surface area contributed by atoms with Gasteiger partial charge in [0.2, 0.25) is 0 Å². The van der Waals surface area contributed by atoms with E-state index in [4.69, 9.17) is 0 Å². The van der Waals surface area contributed by atoms with Gasteiger partial charge in [0.05, 0.1) is 0 Å². The van der Waals surface area contributed by atoms with Gasteiger partial charge >= 0.3 is 0 Å². The van der Waals surface area contributed by atoms with Crippen LogP contribution < -0.4 is 26.8 Å². The van der Waals surface area contributed by atoms with E-state index in [2.05, 4.69) is 17.0 Å². The van der Waals surface area contributed by atoms with Crippen LogP contribution in [0.15, 0.2) is 30.3 Å². The molecule has 304 valence electrons. The molecule has 1 nitrogen and oxygen atoms in total. The standard InChI is InChI=1S/C8H11N.4C6H2BF5/c1-9(2)8-6-4-3-5-7-8;4*7-1-2(8)4(10)6(12)5(11)3(1)9/h3-7H,1-2H3;4*7H2. The lowest BCUT2D eigenvalue weighted by molar-refractivity contribution is 0.384. The normalized spacial score (nSPS) is 10.2. The van der Waals surface area contributed by atoms with Gasteiger partial charge in [-0.15, -0.1) is 0 Å². The number of rotatable bonds is 1. The first-order chi connectivity index (χ1) is 26.2. The highest BCUT2D eigenvalue weighted by molar-refractivity contribution is 6.33. The van der Waals surface area contributed by atoms with Crippen LogP contribution in [0.5, 0.6) is 0 Å². The minimum absolute atomic E-state index is 0.816. The maximum atomic E-state index is 12.4. The van der Waals surface area contributed by atoms with Gasteiger partial charge in [-0.25, -0.2) is 87.8 Å². The number of anilines is 1. The Morgan fingerprint density at radius 2 is 0.404 bits per heavy atom. The van der Waals surface area contributed by atoms with Crippen LogP contribution >= 0.6 is 0 Å². The Kier molecular flexibility index (Phi) is 18.2. The SMILES string of the molecule is Bc1c(F)c(F)c(F)c(F)c1F.Bc1c(F)c(F)c(F)c(F)c1F.Bc1c(F)c(F)c(F)c(F)c1F.Bc1c(F)c(F)c(F)c(F)c1F.CN(C)c1ccccc1. The van der Waals surface area contributed by atoms with Crippen LogP contribution in [0.4, 0.5) is 93.5 Å². The largest absolute Gasteiger partial charge is 0.378 e. The summed E-state index contributed by atoms with van der Waals surface area (Å²) in [6.07, 6.45) is 0. The summed E-state index contributed by atoms with van der Waals surface area (Å²) < 4.78 is 246. The third kappa shape index (κ3) is 11.4. The van der Waals surface area contributed by atoms with Crippen molar-refractivity contribution in [3.05, 3.63) is 147 Å². The zero-order valence-electron chi connectivity index (χ0n) is 29.4. The molecule has 0 amide bonds. The van der Waals surface area contributed by atoms with E-state index in [-0.39, 0.29) is 0 Å². The number of hydrogen-bond acceptors (Lipinski definition) is 1. The predicted molar refractivity (Wildman–Crippen MR) is 178 cm³/mol. The Bertz CT molecular complexity index is 1550. The molecule has 5 rings (SSSR count). The zero-order chi connectivity index (χ0) is 44.5. The van der Waals surface area contributed by atoms with Gasteiger partial charge in [-0.3, -0.25) is 0 Å². The van der Waals surface area contributed by atoms with Crippen molar-refractivity contribution < 1.29 is 87.8 Å². The van der Waals surface area contributed by atoms with E-state index in [1.54, 1.807) is 0 Å². The van der Waals surface area contributed by atoms with Crippen LogP contribution in [0, 0.1) is 116 Å². The lowest BCUT2D eigenvalue weighted by atomic mass is 9.94. The van der Waals surface area contributed by atoms with Gasteiger partial charge in [-0.1, -0.05) is 18.2 Å². The molecule has 0 unspecified atom stereocenters. The van der Waals surface area contributed by atoms with Gasteiger partial charge in [0.25, 0.3) is 0 Å². The van der Waals surface area contributed by atoms with Crippen LogP contribution in [0.1, 0.15) is 0 Å². The van der Waals surface area contributed by atoms with E-state index in [9.17, 15) is 87.8 Å². The second-order valence-corrected chi connectivity index (χ2v) is 11.0. The molecule has 0 aliphatic carbocycles. The fraction of sp³-hybridized carbons (Fsp3) is 0.0625. The van der Waals surface area contributed by atoms with E-state index in [0.29, 0.717) is 0 Å². The molecule has 0 aliphatic rings. The highest BCUT2D eigenvalue weighted by Gasteiger charge is 2.25. The second-order valence-electron chi connectivity index (χ2n) is 11.0. The monoisotopic (exact) mass is 841 g/mol. The molecule has 5 aromatic carbocycles. The minimum Gasteiger partial charge on any atom is -0.378 e. The third-order valence-corrected chi connectivity index (χ3v) is 6.99. The molecule has 0 atom stereocenters. The van der Waals surface area contributed by atoms with Crippen LogP contribution in [0.3, 0.4) is 0 Å². The summed E-state index contributed by atoms with van der Waals surface area (Å²) in [5.74, 6) is -38.1. The lowest BCUT2D eigenvalue weighted by Crippen LogP contribution is -2.20. The molecular formula is C32H19B4F20N. The van der Waals surface area contributed by atoms with Gasteiger partial charge < -0.3 is 4.90 Å². The van der Waals surface area contributed by atoms with E-state index in [0.717, 1.165) is 31.4 Å². The molecule has 0 saturated carbocycles. The topological polar surface area (TPSA) is 3.24 Å². The van der Waals surface area contributed by atoms with Crippen molar-refractivity contribution in [1.82, 2.24) is 0 Å². The maximum absolute atomic E-state index is 12.4. The summed E-state index contributed by atoms with van der Waals surface area (Å²) in [7, 11) is 7.34. The highest BCUT2D eigenvalue weighted by Crippen LogP contribution is 2.18. The molecule has 0 aliphatic heterocycles. The smallest absolute Gasteiger partial charge is 0.200 e. The van der Waals surface area contributed by atoms with Gasteiger partial charge in [-0.05, 0) is 34.0 Å². The van der Waals surface area contributed by atoms with Gasteiger partial charge in [0, 0.05) is 19.8 Å². The average Bonchev–Trinajstić information content (AvgIpc) is 3.21. The molecule has 0 bridgehead atoms. The molecular weight excluding hydrogens is 822 g/mol. The van der Waals surface area contributed by atoms with Crippen molar-refractivity contribution >= 4 is 58.9 Å². The Balaban J connectivity index is 0.000000357. The number of para-hydroxylation sites is 1. The fourth-order valence-electron chi connectivity index (χ4n) is 3.58. The summed E-state index contributed by atoms with van der Waals surface area (Å²) in [4.78, 5) is 2.08. The highest BCUT2D eigenvalue weighted by atomic mass is 19.2. The first-order valence-electron chi connectivity index (χ1n) is 14.8. The van der Waals surface area contributed by atoms with Crippen LogP contribution in [0.25, 0.3) is 0 Å². The third-order valence-electron chi connectivity index (χ3n) is 6.99. The Morgan fingerprint density at radius 1 is 0.263 bits per heavy atom. The zero-order valence-corrected chi connectivity index (χ0v) is 29.4. The van der Waals surface area contributed by atoms with Crippen LogP contribution in [0.2, 0.25) is 0 Å². The molecule has 0 aromatic heterocycles. The minimum atomic E-state index is -2.13. The van der Waals surface area contributed by atoms with Gasteiger partial charge in [-0.2, -0.15) is 0 Å². The Labute approximate surface area is 312 Å². The molecule has 0 heterocycles. The summed E-state index contributed by atoms with van der Waals surface area (Å²) >= 11 is 0. The summed E-state index contributed by atoms with van der Waals surface area (Å²) in [5, 5.41) is 0. The van der Waals surface area contributed by atoms with Crippen molar-refractivity contribution in [3.8, 4) is 0 Å². The summed E-state index contributed by atoms with van der Waals surface area (Å²) in [5.41, 5.74) is -2.23. The van der Waals surface area contributed by atoms with Crippen molar-refractivity contribution in [2.75, 3.05) is 19.0 Å². The molecule has 0 N–H and O–H groups in total. The van der Waals surface area contributed by atoms with E-state index >= 15 is 0 Å². The molecule has 0 spiro atoms. The molecule has 0 saturated heterocycles. The van der Waals surface area contributed by atoms with Crippen LogP contribution in [-0.2, 0) is 0 Å². The van der Waals surface area contributed by atoms with Crippen LogP contribution in [-0.4, -0.2) is 45.5 Å². The molecule has 5 aromatic rings. The molecule has 57 heavy (non-hydrogen) atoms. The number of benzene rings is 5. The first-order valence-corrected chi connectivity index (χ1v) is 14.8. The Hall–Kier alpha value is -5.24. The number of nitrogens with zero attached hydrogens (tertiary/aromatic N) is 1. The van der Waals surface area contributed by atoms with Crippen molar-refractivity contribution in [1.29, 1.82) is 0 Å². The Morgan fingerprint density at radius 3 is 0.526 bits per heavy atom. The average molecular weight is 841 g/mol. The van der Waals surface area contributed by atoms with Crippen molar-refractivity contribution in [3.63, 3.8) is 0 Å². The number of halogens is 20. The maximum Gasteiger partial charge on any atom is 0.200 e. The summed E-state index contributed by atoms with van der Waals surface area (Å²) in [6, 6.07) is 10.3. The molecule has 25 heteroatoms. The van der Waals surface area contributed by atoms with Gasteiger partial charge in [0.1, 0.15) is 31.4 Å². The fourth-order valence-corrected chi connectivity index (χ4v) is 3.58. The van der Waals surface area contributed by atoms with E-state index in [1.807, 2.05) is 32.3 Å². The molecule has 0 radical (unpaired) electrons. The van der Waals surface area contributed by atoms with E-state index in [1.165, 1.54) is 5.69 Å². The lowest BCUT2D eigenvalue weighted by Gasteiger charge is -2.10. The number of hydrogen-bond donors (Lipinski definition) is 0. The van der Waals surface area contributed by atoms with Crippen molar-refractivity contribution in [2.24, 2.45) is 0 Å². The second kappa shape index (κ2) is 20.8. The van der Waals surface area contributed by atoms with E-state index < -0.39 is 138 Å². The van der Waals surface area contributed by atoms with Gasteiger partial charge in [0.15, 0.2) is 116 Å². The molecule has 0 fully saturated rings.